The number of carbonyl (C=O) groups excluding carboxylic acids is 1. The number of amides is 1. The maximum atomic E-state index is 13.1. The van der Waals surface area contributed by atoms with Crippen LogP contribution in [0.2, 0.25) is 0 Å². The number of nitrogens with zero attached hydrogens (tertiary/aromatic N) is 2. The summed E-state index contributed by atoms with van der Waals surface area (Å²) in [6, 6.07) is 0. The van der Waals surface area contributed by atoms with Gasteiger partial charge in [-0.05, 0) is 43.6 Å². The lowest BCUT2D eigenvalue weighted by Gasteiger charge is -2.31. The number of carbonyl (C=O) groups is 1. The van der Waals surface area contributed by atoms with E-state index in [-0.39, 0.29) is 5.92 Å². The van der Waals surface area contributed by atoms with Crippen molar-refractivity contribution in [2.24, 2.45) is 18.7 Å². The predicted octanol–water partition coefficient (Wildman–Crippen LogP) is 2.49. The Morgan fingerprint density at radius 2 is 2.17 bits per heavy atom. The van der Waals surface area contributed by atoms with E-state index >= 15 is 0 Å². The van der Waals surface area contributed by atoms with E-state index < -0.39 is 17.8 Å². The van der Waals surface area contributed by atoms with Crippen LogP contribution in [0.1, 0.15) is 45.7 Å². The molecular formula is C15H27FN4O3. The molecule has 0 saturated heterocycles. The molecule has 0 radical (unpaired) electrons. The van der Waals surface area contributed by atoms with Gasteiger partial charge in [0.25, 0.3) is 0 Å². The minimum absolute atomic E-state index is 0.121. The third-order valence-corrected chi connectivity index (χ3v) is 4.05. The van der Waals surface area contributed by atoms with Gasteiger partial charge in [-0.15, -0.1) is 0 Å². The lowest BCUT2D eigenvalue weighted by atomic mass is 9.85. The molecule has 0 spiro atoms. The second-order valence-corrected chi connectivity index (χ2v) is 6.39. The van der Waals surface area contributed by atoms with Gasteiger partial charge in [0, 0.05) is 7.05 Å². The van der Waals surface area contributed by atoms with Crippen LogP contribution in [0.25, 0.3) is 0 Å². The Bertz CT molecular complexity index is 499. The van der Waals surface area contributed by atoms with E-state index in [1.807, 2.05) is 6.92 Å². The Kier molecular flexibility index (Phi) is 6.80. The van der Waals surface area contributed by atoms with Crippen molar-refractivity contribution in [1.29, 1.82) is 0 Å². The number of ether oxygens (including phenoxy) is 1. The first-order valence-electron chi connectivity index (χ1n) is 7.72. The summed E-state index contributed by atoms with van der Waals surface area (Å²) in [5.41, 5.74) is 11.6. The van der Waals surface area contributed by atoms with Crippen molar-refractivity contribution in [2.45, 2.75) is 58.2 Å². The summed E-state index contributed by atoms with van der Waals surface area (Å²) >= 11 is 0. The molecule has 1 aromatic rings. The minimum atomic E-state index is -0.842. The monoisotopic (exact) mass is 330 g/mol. The summed E-state index contributed by atoms with van der Waals surface area (Å²) in [4.78, 5) is 15.1. The normalized spacial score (nSPS) is 14.5. The van der Waals surface area contributed by atoms with Crippen LogP contribution in [0.15, 0.2) is 6.20 Å². The second kappa shape index (κ2) is 8.14. The van der Waals surface area contributed by atoms with E-state index in [1.54, 1.807) is 31.8 Å². The first-order valence-corrected chi connectivity index (χ1v) is 7.72. The van der Waals surface area contributed by atoms with Crippen LogP contribution in [0.5, 0.6) is 0 Å². The highest BCUT2D eigenvalue weighted by atomic mass is 19.3. The van der Waals surface area contributed by atoms with Gasteiger partial charge in [-0.3, -0.25) is 4.68 Å². The molecule has 0 bridgehead atoms. The Morgan fingerprint density at radius 1 is 1.52 bits per heavy atom. The quantitative estimate of drug-likeness (QED) is 0.723. The van der Waals surface area contributed by atoms with E-state index in [1.165, 1.54) is 0 Å². The van der Waals surface area contributed by atoms with E-state index in [0.29, 0.717) is 31.4 Å². The molecule has 23 heavy (non-hydrogen) atoms. The molecule has 0 aliphatic rings. The molecule has 7 nitrogen and oxygen atoms in total. The summed E-state index contributed by atoms with van der Waals surface area (Å²) in [5, 5.41) is 4.06. The number of aryl methyl sites for hydroxylation is 1. The SMILES string of the molecule is CC[C@H](CC(C)(C)OC(N)=O)[C@H](CCc1c(N)cnn1C)OF. The van der Waals surface area contributed by atoms with Crippen LogP contribution in [-0.2, 0) is 23.1 Å². The van der Waals surface area contributed by atoms with E-state index in [9.17, 15) is 9.32 Å². The van der Waals surface area contributed by atoms with Crippen LogP contribution in [0.3, 0.4) is 0 Å². The maximum absolute atomic E-state index is 13.1. The zero-order chi connectivity index (χ0) is 17.6. The standard InChI is InChI=1S/C15H27FN4O3/c1-5-10(8-15(2,3)22-14(18)21)13(23-16)7-6-12-11(17)9-19-20(12)4/h9-10,13H,5-8,17H2,1-4H3,(H2,18,21)/t10-,13+/m1/s1. The van der Waals surface area contributed by atoms with Crippen LogP contribution in [-0.4, -0.2) is 27.6 Å². The third-order valence-electron chi connectivity index (χ3n) is 4.05. The van der Waals surface area contributed by atoms with Crippen molar-refractivity contribution in [2.75, 3.05) is 5.73 Å². The Hall–Kier alpha value is -1.83. The van der Waals surface area contributed by atoms with Gasteiger partial charge in [-0.1, -0.05) is 13.3 Å². The molecule has 0 saturated carbocycles. The van der Waals surface area contributed by atoms with E-state index in [0.717, 1.165) is 5.69 Å². The number of aromatic nitrogens is 2. The topological polar surface area (TPSA) is 105 Å². The fraction of sp³-hybridized carbons (Fsp3) is 0.733. The minimum Gasteiger partial charge on any atom is -0.444 e. The highest BCUT2D eigenvalue weighted by Gasteiger charge is 2.31. The largest absolute Gasteiger partial charge is 0.444 e. The number of primary amides is 1. The average molecular weight is 330 g/mol. The van der Waals surface area contributed by atoms with Gasteiger partial charge in [-0.2, -0.15) is 10.0 Å². The fourth-order valence-corrected chi connectivity index (χ4v) is 2.90. The van der Waals surface area contributed by atoms with Crippen molar-refractivity contribution in [1.82, 2.24) is 9.78 Å². The molecule has 132 valence electrons. The average Bonchev–Trinajstić information content (AvgIpc) is 2.76. The number of hydrogen-bond donors (Lipinski definition) is 2. The van der Waals surface area contributed by atoms with Crippen LogP contribution >= 0.6 is 0 Å². The molecule has 1 heterocycles. The van der Waals surface area contributed by atoms with E-state index in [4.69, 9.17) is 16.2 Å². The van der Waals surface area contributed by atoms with Gasteiger partial charge < -0.3 is 16.2 Å². The van der Waals surface area contributed by atoms with Gasteiger partial charge in [-0.25, -0.2) is 4.79 Å². The molecule has 8 heteroatoms. The number of hydrogen-bond acceptors (Lipinski definition) is 5. The van der Waals surface area contributed by atoms with Crippen LogP contribution in [0, 0.1) is 5.92 Å². The molecule has 0 aliphatic carbocycles. The van der Waals surface area contributed by atoms with Crippen molar-refractivity contribution < 1.29 is 19.0 Å². The van der Waals surface area contributed by atoms with Crippen LogP contribution in [0.4, 0.5) is 15.0 Å². The molecule has 0 aromatic carbocycles. The molecule has 1 amide bonds. The predicted molar refractivity (Wildman–Crippen MR) is 85.1 cm³/mol. The van der Waals surface area contributed by atoms with Crippen molar-refractivity contribution in [3.05, 3.63) is 11.9 Å². The molecule has 1 rings (SSSR count). The Labute approximate surface area is 136 Å². The summed E-state index contributed by atoms with van der Waals surface area (Å²) in [6.07, 6.45) is 2.23. The van der Waals surface area contributed by atoms with Gasteiger partial charge in [0.2, 0.25) is 0 Å². The van der Waals surface area contributed by atoms with Crippen molar-refractivity contribution in [3.8, 4) is 0 Å². The third kappa shape index (κ3) is 5.70. The van der Waals surface area contributed by atoms with Gasteiger partial charge >= 0.3 is 6.09 Å². The van der Waals surface area contributed by atoms with Gasteiger partial charge in [0.15, 0.2) is 0 Å². The first-order chi connectivity index (χ1) is 10.7. The van der Waals surface area contributed by atoms with Crippen molar-refractivity contribution in [3.63, 3.8) is 0 Å². The van der Waals surface area contributed by atoms with Crippen molar-refractivity contribution >= 4 is 11.8 Å². The molecule has 0 unspecified atom stereocenters. The summed E-state index contributed by atoms with van der Waals surface area (Å²) < 4.78 is 19.8. The zero-order valence-corrected chi connectivity index (χ0v) is 14.2. The first kappa shape index (κ1) is 19.2. The highest BCUT2D eigenvalue weighted by molar-refractivity contribution is 5.65. The molecule has 0 aliphatic heterocycles. The number of rotatable bonds is 9. The maximum Gasteiger partial charge on any atom is 0.405 e. The summed E-state index contributed by atoms with van der Waals surface area (Å²) in [6.45, 7) is 5.43. The highest BCUT2D eigenvalue weighted by Crippen LogP contribution is 2.29. The number of nitrogens with two attached hydrogens (primary N) is 2. The molecular weight excluding hydrogens is 303 g/mol. The smallest absolute Gasteiger partial charge is 0.405 e. The van der Waals surface area contributed by atoms with E-state index in [2.05, 4.69) is 10.0 Å². The molecule has 1 aromatic heterocycles. The lowest BCUT2D eigenvalue weighted by Crippen LogP contribution is -2.36. The summed E-state index contributed by atoms with van der Waals surface area (Å²) in [5.74, 6) is -0.121. The van der Waals surface area contributed by atoms with Crippen LogP contribution < -0.4 is 11.5 Å². The van der Waals surface area contributed by atoms with Gasteiger partial charge in [0.1, 0.15) is 11.7 Å². The fourth-order valence-electron chi connectivity index (χ4n) is 2.90. The molecule has 2 atom stereocenters. The molecule has 0 fully saturated rings. The Balaban J connectivity index is 2.71. The van der Waals surface area contributed by atoms with Gasteiger partial charge in [0.05, 0.1) is 17.6 Å². The number of nitrogen functional groups attached to an aromatic ring is 1. The summed E-state index contributed by atoms with van der Waals surface area (Å²) in [7, 11) is 1.79. The zero-order valence-electron chi connectivity index (χ0n) is 14.2. The lowest BCUT2D eigenvalue weighted by molar-refractivity contribution is -0.203. The number of anilines is 1. The molecule has 4 N–H and O–H groups in total. The Morgan fingerprint density at radius 3 is 2.61 bits per heavy atom. The second-order valence-electron chi connectivity index (χ2n) is 6.39. The number of halogens is 1.